The van der Waals surface area contributed by atoms with Crippen LogP contribution < -0.4 is 10.4 Å². The molecule has 0 saturated carbocycles. The molecule has 3 rings (SSSR count). The lowest BCUT2D eigenvalue weighted by Gasteiger charge is -2.24. The van der Waals surface area contributed by atoms with Crippen LogP contribution in [0.5, 0.6) is 5.75 Å². The van der Waals surface area contributed by atoms with Gasteiger partial charge in [-0.2, -0.15) is 0 Å². The van der Waals surface area contributed by atoms with Gasteiger partial charge in [0.2, 0.25) is 5.75 Å². The van der Waals surface area contributed by atoms with Crippen molar-refractivity contribution in [2.75, 3.05) is 6.61 Å². The average Bonchev–Trinajstić information content (AvgIpc) is 2.90. The molecule has 1 atom stereocenters. The smallest absolute Gasteiger partial charge is 0.336 e. The van der Waals surface area contributed by atoms with Crippen LogP contribution >= 0.6 is 0 Å². The number of aliphatic hydroxyl groups is 2. The number of hydrogen-bond donors (Lipinski definition) is 2. The number of rotatable bonds is 4. The van der Waals surface area contributed by atoms with E-state index in [0.717, 1.165) is 5.39 Å². The average molecular weight is 304 g/mol. The highest BCUT2D eigenvalue weighted by molar-refractivity contribution is 5.99. The summed E-state index contributed by atoms with van der Waals surface area (Å²) in [5.41, 5.74) is -1.15. The Labute approximate surface area is 125 Å². The monoisotopic (exact) mass is 304 g/mol. The van der Waals surface area contributed by atoms with E-state index < -0.39 is 17.3 Å². The van der Waals surface area contributed by atoms with Crippen molar-refractivity contribution in [3.63, 3.8) is 0 Å². The summed E-state index contributed by atoms with van der Waals surface area (Å²) < 4.78 is 16.2. The number of fused-ring (bicyclic) bond motifs is 2. The quantitative estimate of drug-likeness (QED) is 0.717. The second kappa shape index (κ2) is 5.15. The third kappa shape index (κ3) is 2.58. The second-order valence-corrected chi connectivity index (χ2v) is 5.70. The van der Waals surface area contributed by atoms with Crippen molar-refractivity contribution in [1.82, 2.24) is 0 Å². The minimum absolute atomic E-state index is 0.170. The van der Waals surface area contributed by atoms with Crippen LogP contribution in [0.2, 0.25) is 0 Å². The standard InChI is InChI=1S/C16H16O6/c1-16(2,19)11(17)8-21-15-13-10(5-6-20-13)7-9-3-4-12(18)22-14(9)15/h3-7,11,17,19H,8H2,1-2H3/t11-/m1/s1. The molecule has 6 heteroatoms. The van der Waals surface area contributed by atoms with Crippen molar-refractivity contribution in [1.29, 1.82) is 0 Å². The molecule has 116 valence electrons. The molecule has 6 nitrogen and oxygen atoms in total. The first-order valence-corrected chi connectivity index (χ1v) is 6.83. The van der Waals surface area contributed by atoms with Gasteiger partial charge in [0, 0.05) is 16.8 Å². The Bertz CT molecular complexity index is 868. The molecule has 2 heterocycles. The van der Waals surface area contributed by atoms with Gasteiger partial charge in [-0.05, 0) is 32.0 Å². The topological polar surface area (TPSA) is 93.0 Å². The van der Waals surface area contributed by atoms with E-state index in [1.54, 1.807) is 12.1 Å². The van der Waals surface area contributed by atoms with Gasteiger partial charge in [0.25, 0.3) is 0 Å². The molecule has 0 radical (unpaired) electrons. The summed E-state index contributed by atoms with van der Waals surface area (Å²) in [6.07, 6.45) is 0.393. The molecule has 0 unspecified atom stereocenters. The highest BCUT2D eigenvalue weighted by Crippen LogP contribution is 2.35. The van der Waals surface area contributed by atoms with Gasteiger partial charge in [-0.15, -0.1) is 0 Å². The van der Waals surface area contributed by atoms with Crippen LogP contribution in [0.3, 0.4) is 0 Å². The Hall–Kier alpha value is -2.31. The maximum Gasteiger partial charge on any atom is 0.336 e. The Morgan fingerprint density at radius 1 is 1.23 bits per heavy atom. The first-order valence-electron chi connectivity index (χ1n) is 6.83. The fraction of sp³-hybridized carbons (Fsp3) is 0.312. The van der Waals surface area contributed by atoms with Crippen LogP contribution in [0.15, 0.2) is 44.2 Å². The van der Waals surface area contributed by atoms with Crippen molar-refractivity contribution in [3.05, 3.63) is 40.9 Å². The molecule has 0 amide bonds. The third-order valence-corrected chi connectivity index (χ3v) is 3.48. The van der Waals surface area contributed by atoms with Gasteiger partial charge in [-0.3, -0.25) is 0 Å². The van der Waals surface area contributed by atoms with Gasteiger partial charge < -0.3 is 23.8 Å². The number of hydrogen-bond acceptors (Lipinski definition) is 6. The van der Waals surface area contributed by atoms with E-state index in [1.165, 1.54) is 26.2 Å². The van der Waals surface area contributed by atoms with E-state index in [0.29, 0.717) is 11.0 Å². The van der Waals surface area contributed by atoms with Crippen molar-refractivity contribution in [2.45, 2.75) is 25.6 Å². The summed E-state index contributed by atoms with van der Waals surface area (Å²) in [5, 5.41) is 21.1. The zero-order valence-electron chi connectivity index (χ0n) is 12.2. The lowest BCUT2D eigenvalue weighted by atomic mass is 10.0. The number of aliphatic hydroxyl groups excluding tert-OH is 1. The van der Waals surface area contributed by atoms with Gasteiger partial charge in [-0.1, -0.05) is 0 Å². The summed E-state index contributed by atoms with van der Waals surface area (Å²) in [6.45, 7) is 2.79. The Kier molecular flexibility index (Phi) is 3.42. The molecular weight excluding hydrogens is 288 g/mol. The van der Waals surface area contributed by atoms with E-state index in [-0.39, 0.29) is 17.9 Å². The molecule has 3 aromatic rings. The first kappa shape index (κ1) is 14.6. The molecule has 0 fully saturated rings. The maximum absolute atomic E-state index is 11.5. The lowest BCUT2D eigenvalue weighted by molar-refractivity contribution is -0.0660. The molecule has 0 aliphatic rings. The molecule has 2 aromatic heterocycles. The van der Waals surface area contributed by atoms with Gasteiger partial charge in [0.05, 0.1) is 11.9 Å². The van der Waals surface area contributed by atoms with Gasteiger partial charge >= 0.3 is 5.63 Å². The zero-order chi connectivity index (χ0) is 15.9. The largest absolute Gasteiger partial charge is 0.483 e. The second-order valence-electron chi connectivity index (χ2n) is 5.70. The van der Waals surface area contributed by atoms with E-state index in [4.69, 9.17) is 13.6 Å². The normalized spacial score (nSPS) is 13.6. The van der Waals surface area contributed by atoms with Crippen LogP contribution in [0.1, 0.15) is 13.8 Å². The maximum atomic E-state index is 11.5. The minimum Gasteiger partial charge on any atom is -0.483 e. The molecular formula is C16H16O6. The summed E-state index contributed by atoms with van der Waals surface area (Å²) >= 11 is 0. The first-order chi connectivity index (χ1) is 10.4. The summed E-state index contributed by atoms with van der Waals surface area (Å²) in [7, 11) is 0. The van der Waals surface area contributed by atoms with E-state index in [2.05, 4.69) is 0 Å². The lowest BCUT2D eigenvalue weighted by Crippen LogP contribution is -2.40. The predicted octanol–water partition coefficient (Wildman–Crippen LogP) is 2.05. The van der Waals surface area contributed by atoms with Gasteiger partial charge in [0.1, 0.15) is 12.7 Å². The SMILES string of the molecule is CC(C)(O)[C@H](O)COc1c2occc2cc2ccc(=O)oc12. The molecule has 2 N–H and O–H groups in total. The van der Waals surface area contributed by atoms with Crippen LogP contribution in [0.25, 0.3) is 21.9 Å². The number of benzene rings is 1. The van der Waals surface area contributed by atoms with Crippen LogP contribution in [-0.4, -0.2) is 28.5 Å². The minimum atomic E-state index is -1.31. The van der Waals surface area contributed by atoms with Crippen LogP contribution in [-0.2, 0) is 0 Å². The molecule has 22 heavy (non-hydrogen) atoms. The Morgan fingerprint density at radius 2 is 1.95 bits per heavy atom. The molecule has 0 bridgehead atoms. The summed E-state index contributed by atoms with van der Waals surface area (Å²) in [6, 6.07) is 6.53. The highest BCUT2D eigenvalue weighted by atomic mass is 16.5. The van der Waals surface area contributed by atoms with Crippen LogP contribution in [0.4, 0.5) is 0 Å². The van der Waals surface area contributed by atoms with E-state index >= 15 is 0 Å². The highest BCUT2D eigenvalue weighted by Gasteiger charge is 2.26. The van der Waals surface area contributed by atoms with E-state index in [1.807, 2.05) is 6.07 Å². The van der Waals surface area contributed by atoms with Crippen molar-refractivity contribution >= 4 is 21.9 Å². The molecule has 0 spiro atoms. The van der Waals surface area contributed by atoms with Gasteiger partial charge in [-0.25, -0.2) is 4.79 Å². The van der Waals surface area contributed by atoms with Crippen molar-refractivity contribution < 1.29 is 23.8 Å². The van der Waals surface area contributed by atoms with E-state index in [9.17, 15) is 15.0 Å². The third-order valence-electron chi connectivity index (χ3n) is 3.48. The van der Waals surface area contributed by atoms with Crippen molar-refractivity contribution in [3.8, 4) is 5.75 Å². The molecule has 0 aliphatic heterocycles. The fourth-order valence-electron chi connectivity index (χ4n) is 2.10. The number of ether oxygens (including phenoxy) is 1. The van der Waals surface area contributed by atoms with Crippen LogP contribution in [0, 0.1) is 0 Å². The Balaban J connectivity index is 2.10. The summed E-state index contributed by atoms with van der Waals surface area (Å²) in [4.78, 5) is 11.5. The number of furan rings is 1. The van der Waals surface area contributed by atoms with Gasteiger partial charge in [0.15, 0.2) is 11.2 Å². The molecule has 1 aromatic carbocycles. The predicted molar refractivity (Wildman–Crippen MR) is 80.1 cm³/mol. The van der Waals surface area contributed by atoms with Crippen molar-refractivity contribution in [2.24, 2.45) is 0 Å². The molecule has 0 aliphatic carbocycles. The summed E-state index contributed by atoms with van der Waals surface area (Å²) in [5.74, 6) is 0.235. The molecule has 0 saturated heterocycles. The fourth-order valence-corrected chi connectivity index (χ4v) is 2.10. The Morgan fingerprint density at radius 3 is 2.68 bits per heavy atom. The zero-order valence-corrected chi connectivity index (χ0v) is 12.2.